The van der Waals surface area contributed by atoms with E-state index in [0.717, 1.165) is 111 Å². The molecule has 4 fully saturated rings. The van der Waals surface area contributed by atoms with Crippen molar-refractivity contribution < 1.29 is 28.0 Å². The van der Waals surface area contributed by atoms with Gasteiger partial charge in [0.2, 0.25) is 17.7 Å². The fraction of sp³-hybridized carbons (Fsp3) is 0.623. The van der Waals surface area contributed by atoms with E-state index in [2.05, 4.69) is 93.1 Å². The number of hydrogen-bond donors (Lipinski definition) is 6. The summed E-state index contributed by atoms with van der Waals surface area (Å²) >= 11 is 1.63. The first-order chi connectivity index (χ1) is 37.5. The maximum Gasteiger partial charge on any atom is 0.246 e. The van der Waals surface area contributed by atoms with Crippen molar-refractivity contribution in [2.24, 2.45) is 16.7 Å². The first-order valence-corrected chi connectivity index (χ1v) is 29.9. The molecular weight excluding hydrogens is 1020 g/mol. The lowest BCUT2D eigenvalue weighted by Crippen LogP contribution is -2.66. The maximum absolute atomic E-state index is 15.7. The number of piperazine rings is 1. The van der Waals surface area contributed by atoms with Gasteiger partial charge >= 0.3 is 0 Å². The molecule has 4 aliphatic heterocycles. The van der Waals surface area contributed by atoms with Crippen LogP contribution in [0.2, 0.25) is 0 Å². The highest BCUT2D eigenvalue weighted by Gasteiger charge is 2.45. The zero-order chi connectivity index (χ0) is 57.1. The minimum absolute atomic E-state index is 0.0119. The van der Waals surface area contributed by atoms with E-state index in [1.807, 2.05) is 46.2 Å². The van der Waals surface area contributed by atoms with Crippen LogP contribution in [0.4, 0.5) is 14.5 Å². The van der Waals surface area contributed by atoms with Gasteiger partial charge in [-0.1, -0.05) is 104 Å². The summed E-state index contributed by atoms with van der Waals surface area (Å²) in [6, 6.07) is 9.79. The molecule has 18 heteroatoms. The Hall–Kier alpha value is -5.43. The number of nitrogens with zero attached hydrogens (tertiary/aromatic N) is 5. The maximum atomic E-state index is 15.7. The first-order valence-electron chi connectivity index (χ1n) is 29.0. The van der Waals surface area contributed by atoms with Gasteiger partial charge in [0.1, 0.15) is 23.5 Å². The number of aryl methyl sites for hydroxylation is 1. The number of allylic oxidation sites excluding steroid dienone is 1. The van der Waals surface area contributed by atoms with Crippen LogP contribution in [0, 0.1) is 29.4 Å². The van der Waals surface area contributed by atoms with Gasteiger partial charge in [0.25, 0.3) is 0 Å². The van der Waals surface area contributed by atoms with Crippen LogP contribution in [0.25, 0.3) is 10.4 Å². The molecule has 3 aromatic rings. The second-order valence-electron chi connectivity index (χ2n) is 24.9. The van der Waals surface area contributed by atoms with Gasteiger partial charge in [-0.25, -0.2) is 19.6 Å². The Balaban J connectivity index is 0.759. The van der Waals surface area contributed by atoms with Crippen molar-refractivity contribution in [1.82, 2.24) is 46.4 Å². The number of anilines is 1. The minimum atomic E-state index is -0.757. The summed E-state index contributed by atoms with van der Waals surface area (Å²) in [5.41, 5.74) is 8.29. The molecule has 2 aromatic carbocycles. The third kappa shape index (κ3) is 16.8. The van der Waals surface area contributed by atoms with Crippen LogP contribution < -0.4 is 37.4 Å². The SMILES string of the molecule is C=C(/C=C(\NN)NCCCCCCCCCCC(=O)N[C@H](C(=O)N1CC(=O)C[C@H]1C(C)N[C@@H](C)c1ccc(-c2scnc2C)cc1)C(C)(C)C)N1CCC2(CC1)CN(c1cc(F)c(CN3CCC(C)(C)CC3)cc1F)CC(=O)N2. The van der Waals surface area contributed by atoms with Gasteiger partial charge in [-0.05, 0) is 100 Å². The lowest BCUT2D eigenvalue weighted by molar-refractivity contribution is -0.141. The van der Waals surface area contributed by atoms with Crippen molar-refractivity contribution in [3.63, 3.8) is 0 Å². The fourth-order valence-electron chi connectivity index (χ4n) is 11.8. The minimum Gasteiger partial charge on any atom is -0.372 e. The number of amides is 3. The van der Waals surface area contributed by atoms with Gasteiger partial charge in [0.15, 0.2) is 5.78 Å². The number of piperidine rings is 2. The fourth-order valence-corrected chi connectivity index (χ4v) is 12.6. The third-order valence-electron chi connectivity index (χ3n) is 16.9. The summed E-state index contributed by atoms with van der Waals surface area (Å²) in [5.74, 6) is 5.11. The highest BCUT2D eigenvalue weighted by molar-refractivity contribution is 7.13. The molecule has 4 aliphatic rings. The summed E-state index contributed by atoms with van der Waals surface area (Å²) in [7, 11) is 0. The van der Waals surface area contributed by atoms with Crippen LogP contribution in [0.1, 0.15) is 161 Å². The van der Waals surface area contributed by atoms with Crippen molar-refractivity contribution >= 4 is 40.5 Å². The summed E-state index contributed by atoms with van der Waals surface area (Å²) in [4.78, 5) is 66.8. The summed E-state index contributed by atoms with van der Waals surface area (Å²) < 4.78 is 31.2. The number of ketones is 1. The molecular formula is C61H91F2N11O4S. The van der Waals surface area contributed by atoms with Crippen molar-refractivity contribution in [3.8, 4) is 10.4 Å². The molecule has 4 saturated heterocycles. The van der Waals surface area contributed by atoms with E-state index >= 15 is 8.78 Å². The number of unbranched alkanes of at least 4 members (excludes halogenated alkanes) is 7. The Morgan fingerprint density at radius 2 is 1.58 bits per heavy atom. The Kier molecular flexibility index (Phi) is 21.2. The Morgan fingerprint density at radius 1 is 0.924 bits per heavy atom. The van der Waals surface area contributed by atoms with E-state index in [4.69, 9.17) is 5.84 Å². The Morgan fingerprint density at radius 3 is 2.22 bits per heavy atom. The van der Waals surface area contributed by atoms with Gasteiger partial charge in [-0.2, -0.15) is 0 Å². The van der Waals surface area contributed by atoms with Crippen LogP contribution in [0.3, 0.4) is 0 Å². The molecule has 7 rings (SSSR count). The molecule has 1 aromatic heterocycles. The lowest BCUT2D eigenvalue weighted by Gasteiger charge is -2.49. The molecule has 79 heavy (non-hydrogen) atoms. The van der Waals surface area contributed by atoms with Crippen LogP contribution >= 0.6 is 11.3 Å². The number of Topliss-reactive ketones (excluding diaryl/α,β-unsaturated/α-hetero) is 1. The average Bonchev–Trinajstić information content (AvgIpc) is 4.05. The van der Waals surface area contributed by atoms with E-state index < -0.39 is 28.6 Å². The quantitative estimate of drug-likeness (QED) is 0.0205. The number of nitrogens with one attached hydrogen (secondary N) is 5. The normalized spacial score (nSPS) is 20.0. The molecule has 0 bridgehead atoms. The van der Waals surface area contributed by atoms with Crippen molar-refractivity contribution in [1.29, 1.82) is 0 Å². The summed E-state index contributed by atoms with van der Waals surface area (Å²) in [6.45, 7) is 25.3. The van der Waals surface area contributed by atoms with Crippen LogP contribution in [-0.2, 0) is 25.7 Å². The monoisotopic (exact) mass is 1110 g/mol. The zero-order valence-electron chi connectivity index (χ0n) is 48.5. The van der Waals surface area contributed by atoms with Gasteiger partial charge in [0, 0.05) is 81.1 Å². The standard InChI is InChI=1S/C61H91F2N11O4S/c1-41(72-30-25-61(26-31-72)39-73(38-55(77)69-61)52-35-49(62)47(33-50(52)63)36-71-28-23-60(8,9)24-29-71)32-53(70-64)65-27-17-15-13-11-10-12-14-16-18-54(76)68-57(59(5,6)7)58(78)74-37-48(75)34-51(74)43(3)67-42(2)45-19-21-46(22-20-45)56-44(4)66-40-79-56/h19-22,32-33,35,40,42-43,51,57,65,67,70H,1,10-18,23-31,34,36-39,64H2,2-9H3,(H,68,76)(H,69,77)/b53-32-/t42-,43?,51-,57+/m0/s1. The molecule has 4 atom stereocenters. The van der Waals surface area contributed by atoms with E-state index in [-0.39, 0.29) is 72.2 Å². The number of thiazole rings is 1. The number of halogens is 2. The van der Waals surface area contributed by atoms with Crippen molar-refractivity contribution in [2.75, 3.05) is 57.3 Å². The molecule has 1 unspecified atom stereocenters. The smallest absolute Gasteiger partial charge is 0.246 e. The van der Waals surface area contributed by atoms with Gasteiger partial charge in [0.05, 0.1) is 46.4 Å². The average molecular weight is 1110 g/mol. The second kappa shape index (κ2) is 27.4. The van der Waals surface area contributed by atoms with Crippen molar-refractivity contribution in [3.05, 3.63) is 94.5 Å². The second-order valence-corrected chi connectivity index (χ2v) is 25.8. The Labute approximate surface area is 473 Å². The molecule has 0 aliphatic carbocycles. The number of carbonyl (C=O) groups is 4. The number of likely N-dealkylation sites (tertiary alicyclic amines) is 3. The number of carbonyl (C=O) groups excluding carboxylic acids is 4. The number of hydrogen-bond acceptors (Lipinski definition) is 13. The van der Waals surface area contributed by atoms with E-state index in [1.54, 1.807) is 21.1 Å². The van der Waals surface area contributed by atoms with Crippen molar-refractivity contribution in [2.45, 2.75) is 182 Å². The lowest BCUT2D eigenvalue weighted by atomic mass is 9.82. The summed E-state index contributed by atoms with van der Waals surface area (Å²) in [6.07, 6.45) is 13.8. The Bertz CT molecular complexity index is 2600. The summed E-state index contributed by atoms with van der Waals surface area (Å²) in [5, 5.41) is 13.3. The largest absolute Gasteiger partial charge is 0.372 e. The highest BCUT2D eigenvalue weighted by atomic mass is 32.1. The molecule has 15 nitrogen and oxygen atoms in total. The predicted octanol–water partition coefficient (Wildman–Crippen LogP) is 9.15. The van der Waals surface area contributed by atoms with Crippen LogP contribution in [-0.4, -0.2) is 119 Å². The number of aromatic nitrogens is 1. The number of benzene rings is 2. The van der Waals surface area contributed by atoms with Crippen LogP contribution in [0.5, 0.6) is 0 Å². The molecule has 0 radical (unpaired) electrons. The topological polar surface area (TPSA) is 180 Å². The van der Waals surface area contributed by atoms with E-state index in [9.17, 15) is 19.2 Å². The molecule has 0 saturated carbocycles. The van der Waals surface area contributed by atoms with Gasteiger partial charge in [-0.15, -0.1) is 11.3 Å². The first kappa shape index (κ1) is 61.2. The molecule has 434 valence electrons. The molecule has 7 N–H and O–H groups in total. The van der Waals surface area contributed by atoms with E-state index in [1.165, 1.54) is 12.1 Å². The van der Waals surface area contributed by atoms with Gasteiger partial charge < -0.3 is 41.4 Å². The number of hydrazine groups is 1. The predicted molar refractivity (Wildman–Crippen MR) is 312 cm³/mol. The molecule has 1 spiro atoms. The zero-order valence-corrected chi connectivity index (χ0v) is 49.3. The third-order valence-corrected chi connectivity index (χ3v) is 17.9. The molecule has 3 amide bonds. The number of rotatable bonds is 25. The van der Waals surface area contributed by atoms with Crippen LogP contribution in [0.15, 0.2) is 66.1 Å². The highest BCUT2D eigenvalue weighted by Crippen LogP contribution is 2.35. The van der Waals surface area contributed by atoms with E-state index in [0.29, 0.717) is 56.8 Å². The van der Waals surface area contributed by atoms with Gasteiger partial charge in [-0.3, -0.25) is 24.1 Å². The number of nitrogens with two attached hydrogens (primary N) is 1. The molecule has 5 heterocycles.